The van der Waals surface area contributed by atoms with Gasteiger partial charge in [-0.05, 0) is 54.1 Å². The van der Waals surface area contributed by atoms with Crippen molar-refractivity contribution in [3.05, 3.63) is 76.5 Å². The number of rotatable bonds is 11. The Morgan fingerprint density at radius 3 is 2.59 bits per heavy atom. The van der Waals surface area contributed by atoms with Gasteiger partial charge in [0.2, 0.25) is 12.7 Å². The van der Waals surface area contributed by atoms with Gasteiger partial charge in [0, 0.05) is 24.6 Å². The van der Waals surface area contributed by atoms with E-state index in [1.165, 1.54) is 0 Å². The van der Waals surface area contributed by atoms with Gasteiger partial charge in [-0.1, -0.05) is 30.3 Å². The topological polar surface area (TPSA) is 77.5 Å². The van der Waals surface area contributed by atoms with Crippen LogP contribution in [0.3, 0.4) is 0 Å². The van der Waals surface area contributed by atoms with E-state index in [1.54, 1.807) is 33.3 Å². The monoisotopic (exact) mass is 522 g/mol. The summed E-state index contributed by atoms with van der Waals surface area (Å²) in [6.45, 7) is 1.88. The minimum Gasteiger partial charge on any atom is -0.484 e. The van der Waals surface area contributed by atoms with Crippen molar-refractivity contribution in [2.45, 2.75) is 32.0 Å². The Morgan fingerprint density at radius 1 is 0.946 bits per heavy atom. The maximum Gasteiger partial charge on any atom is 0.261 e. The molecule has 2 aliphatic heterocycles. The van der Waals surface area contributed by atoms with Crippen molar-refractivity contribution in [1.29, 1.82) is 0 Å². The quantitative estimate of drug-likeness (QED) is 0.378. The van der Waals surface area contributed by atoms with Crippen LogP contribution in [0.15, 0.2) is 66.0 Å². The molecule has 0 N–H and O–H groups in total. The highest BCUT2D eigenvalue weighted by Gasteiger charge is 2.27. The molecule has 194 valence electrons. The first-order chi connectivity index (χ1) is 18.1. The molecule has 1 saturated heterocycles. The molecule has 1 fully saturated rings. The fourth-order valence-corrected chi connectivity index (χ4v) is 5.11. The third-order valence-corrected chi connectivity index (χ3v) is 7.18. The Kier molecular flexibility index (Phi) is 8.22. The Labute approximate surface area is 220 Å². The summed E-state index contributed by atoms with van der Waals surface area (Å²) in [6.07, 6.45) is 1.75. The largest absolute Gasteiger partial charge is 0.484 e. The fraction of sp³-hybridized carbons (Fsp3) is 0.357. The molecular weight excluding hydrogens is 492 g/mol. The number of hydrogen-bond acceptors (Lipinski definition) is 7. The van der Waals surface area contributed by atoms with E-state index in [-0.39, 0.29) is 37.9 Å². The third kappa shape index (κ3) is 6.81. The van der Waals surface area contributed by atoms with Crippen LogP contribution in [0, 0.1) is 0 Å². The summed E-state index contributed by atoms with van der Waals surface area (Å²) in [5.74, 6) is 1.60. The summed E-state index contributed by atoms with van der Waals surface area (Å²) in [5.41, 5.74) is 0.929. The van der Waals surface area contributed by atoms with Crippen LogP contribution in [0.25, 0.3) is 0 Å². The molecule has 9 heteroatoms. The van der Waals surface area contributed by atoms with E-state index in [4.69, 9.17) is 18.9 Å². The second kappa shape index (κ2) is 12.1. The predicted octanol–water partition coefficient (Wildman–Crippen LogP) is 4.09. The summed E-state index contributed by atoms with van der Waals surface area (Å²) in [7, 11) is 0. The van der Waals surface area contributed by atoms with E-state index < -0.39 is 0 Å². The van der Waals surface area contributed by atoms with E-state index in [2.05, 4.69) is 0 Å². The number of thiophene rings is 1. The van der Waals surface area contributed by atoms with Gasteiger partial charge in [0.15, 0.2) is 18.1 Å². The van der Waals surface area contributed by atoms with Gasteiger partial charge in [0.1, 0.15) is 5.75 Å². The molecule has 3 heterocycles. The highest BCUT2D eigenvalue weighted by Crippen LogP contribution is 2.33. The van der Waals surface area contributed by atoms with Gasteiger partial charge >= 0.3 is 0 Å². The highest BCUT2D eigenvalue weighted by molar-refractivity contribution is 7.09. The van der Waals surface area contributed by atoms with Crippen LogP contribution in [0.4, 0.5) is 0 Å². The van der Waals surface area contributed by atoms with Gasteiger partial charge in [-0.2, -0.15) is 0 Å². The zero-order valence-corrected chi connectivity index (χ0v) is 21.4. The molecule has 0 aliphatic carbocycles. The molecule has 0 radical (unpaired) electrons. The number of carbonyl (C=O) groups is 2. The number of nitrogens with zero attached hydrogens (tertiary/aromatic N) is 2. The van der Waals surface area contributed by atoms with Gasteiger partial charge in [-0.3, -0.25) is 9.59 Å². The average molecular weight is 523 g/mol. The van der Waals surface area contributed by atoms with Crippen LogP contribution in [0.1, 0.15) is 23.3 Å². The molecule has 0 saturated carbocycles. The Balaban J connectivity index is 1.30. The van der Waals surface area contributed by atoms with Gasteiger partial charge in [-0.15, -0.1) is 11.3 Å². The number of hydrogen-bond donors (Lipinski definition) is 0. The zero-order valence-electron chi connectivity index (χ0n) is 20.5. The number of para-hydroxylation sites is 1. The van der Waals surface area contributed by atoms with E-state index in [0.717, 1.165) is 23.3 Å². The van der Waals surface area contributed by atoms with Crippen molar-refractivity contribution >= 4 is 23.2 Å². The molecule has 1 aromatic heterocycles. The normalized spacial score (nSPS) is 15.9. The van der Waals surface area contributed by atoms with Crippen molar-refractivity contribution in [3.63, 3.8) is 0 Å². The Morgan fingerprint density at radius 2 is 1.81 bits per heavy atom. The van der Waals surface area contributed by atoms with Crippen molar-refractivity contribution in [2.75, 3.05) is 33.1 Å². The standard InChI is InChI=1S/C28H30N2O6S/c31-27(18-30(16-23-8-4-12-33-23)28(32)19-34-22-6-2-1-3-7-22)29(17-24-9-5-13-37-24)15-21-10-11-25-26(14-21)36-20-35-25/h1-3,5-7,9-11,13-14,23H,4,8,12,15-20H2. The minimum absolute atomic E-state index is 0.0488. The molecule has 3 aromatic rings. The first-order valence-electron chi connectivity index (χ1n) is 12.4. The molecule has 0 spiro atoms. The smallest absolute Gasteiger partial charge is 0.261 e. The van der Waals surface area contributed by atoms with Crippen molar-refractivity contribution in [1.82, 2.24) is 9.80 Å². The van der Waals surface area contributed by atoms with Crippen molar-refractivity contribution in [2.24, 2.45) is 0 Å². The minimum atomic E-state index is -0.244. The lowest BCUT2D eigenvalue weighted by atomic mass is 10.1. The summed E-state index contributed by atoms with van der Waals surface area (Å²) >= 11 is 1.60. The molecule has 1 atom stereocenters. The zero-order chi connectivity index (χ0) is 25.5. The van der Waals surface area contributed by atoms with Crippen LogP contribution in [0.5, 0.6) is 17.2 Å². The van der Waals surface area contributed by atoms with E-state index in [0.29, 0.717) is 43.5 Å². The van der Waals surface area contributed by atoms with Crippen LogP contribution >= 0.6 is 11.3 Å². The van der Waals surface area contributed by atoms with Gasteiger partial charge in [-0.25, -0.2) is 0 Å². The maximum atomic E-state index is 13.7. The average Bonchev–Trinajstić information content (AvgIpc) is 3.70. The summed E-state index contributed by atoms with van der Waals surface area (Å²) in [4.78, 5) is 31.3. The molecular formula is C28H30N2O6S. The molecule has 37 heavy (non-hydrogen) atoms. The molecule has 1 unspecified atom stereocenters. The predicted molar refractivity (Wildman–Crippen MR) is 139 cm³/mol. The summed E-state index contributed by atoms with van der Waals surface area (Å²) < 4.78 is 22.4. The van der Waals surface area contributed by atoms with Crippen LogP contribution in [-0.4, -0.2) is 60.8 Å². The van der Waals surface area contributed by atoms with Gasteiger partial charge in [0.25, 0.3) is 5.91 Å². The SMILES string of the molecule is O=C(CN(CC1CCCO1)C(=O)COc1ccccc1)N(Cc1ccc2c(c1)OCO2)Cc1cccs1. The van der Waals surface area contributed by atoms with Gasteiger partial charge < -0.3 is 28.7 Å². The Hall–Kier alpha value is -3.56. The maximum absolute atomic E-state index is 13.7. The van der Waals surface area contributed by atoms with Crippen LogP contribution < -0.4 is 14.2 Å². The lowest BCUT2D eigenvalue weighted by molar-refractivity contribution is -0.143. The number of ether oxygens (including phenoxy) is 4. The van der Waals surface area contributed by atoms with Crippen molar-refractivity contribution in [3.8, 4) is 17.2 Å². The van der Waals surface area contributed by atoms with Crippen LogP contribution in [-0.2, 0) is 27.4 Å². The van der Waals surface area contributed by atoms with E-state index in [9.17, 15) is 9.59 Å². The van der Waals surface area contributed by atoms with E-state index >= 15 is 0 Å². The number of fused-ring (bicyclic) bond motifs is 1. The second-order valence-electron chi connectivity index (χ2n) is 9.03. The Bertz CT molecular complexity index is 1180. The number of carbonyl (C=O) groups excluding carboxylic acids is 2. The lowest BCUT2D eigenvalue weighted by Crippen LogP contribution is -2.46. The molecule has 0 bridgehead atoms. The van der Waals surface area contributed by atoms with Gasteiger partial charge in [0.05, 0.1) is 19.2 Å². The molecule has 2 aromatic carbocycles. The first-order valence-corrected chi connectivity index (χ1v) is 13.3. The molecule has 2 aliphatic rings. The van der Waals surface area contributed by atoms with Crippen molar-refractivity contribution < 1.29 is 28.5 Å². The summed E-state index contributed by atoms with van der Waals surface area (Å²) in [6, 6.07) is 18.9. The molecule has 5 rings (SSSR count). The first kappa shape index (κ1) is 25.1. The van der Waals surface area contributed by atoms with E-state index in [1.807, 2.05) is 53.9 Å². The summed E-state index contributed by atoms with van der Waals surface area (Å²) in [5, 5.41) is 1.99. The second-order valence-corrected chi connectivity index (χ2v) is 10.1. The number of amides is 2. The molecule has 2 amide bonds. The lowest BCUT2D eigenvalue weighted by Gasteiger charge is -2.29. The molecule has 8 nitrogen and oxygen atoms in total. The fourth-order valence-electron chi connectivity index (χ4n) is 4.39. The number of benzene rings is 2. The van der Waals surface area contributed by atoms with Crippen LogP contribution in [0.2, 0.25) is 0 Å². The third-order valence-electron chi connectivity index (χ3n) is 6.32. The highest BCUT2D eigenvalue weighted by atomic mass is 32.1.